The van der Waals surface area contributed by atoms with E-state index >= 15 is 0 Å². The SMILES string of the molecule is CC1(C)[C@H]2CC[C@]1(C=CC=O)c1nnc(-c3c(F)cccc3F)cc12. The summed E-state index contributed by atoms with van der Waals surface area (Å²) in [5, 5.41) is 8.50. The van der Waals surface area contributed by atoms with Crippen LogP contribution in [0.3, 0.4) is 0 Å². The Bertz CT molecular complexity index is 886. The van der Waals surface area contributed by atoms with Crippen molar-refractivity contribution >= 4 is 6.29 Å². The Labute approximate surface area is 144 Å². The van der Waals surface area contributed by atoms with Gasteiger partial charge in [0.25, 0.3) is 0 Å². The zero-order valence-electron chi connectivity index (χ0n) is 14.1. The Kier molecular flexibility index (Phi) is 3.39. The van der Waals surface area contributed by atoms with E-state index in [-0.39, 0.29) is 28.0 Å². The van der Waals surface area contributed by atoms with Crippen molar-refractivity contribution in [3.05, 3.63) is 59.3 Å². The molecule has 1 saturated carbocycles. The third-order valence-corrected chi connectivity index (χ3v) is 6.15. The van der Waals surface area contributed by atoms with Gasteiger partial charge in [-0.1, -0.05) is 26.0 Å². The number of carbonyl (C=O) groups excluding carboxylic acids is 1. The van der Waals surface area contributed by atoms with E-state index in [2.05, 4.69) is 24.0 Å². The second kappa shape index (κ2) is 5.28. The highest BCUT2D eigenvalue weighted by molar-refractivity contribution is 5.67. The summed E-state index contributed by atoms with van der Waals surface area (Å²) in [7, 11) is 0. The molecule has 3 nitrogen and oxygen atoms in total. The van der Waals surface area contributed by atoms with Gasteiger partial charge in [-0.2, -0.15) is 5.10 Å². The van der Waals surface area contributed by atoms with Crippen molar-refractivity contribution < 1.29 is 13.6 Å². The van der Waals surface area contributed by atoms with E-state index in [0.717, 1.165) is 30.4 Å². The molecule has 0 amide bonds. The number of nitrogens with zero attached hydrogens (tertiary/aromatic N) is 2. The Morgan fingerprint density at radius 1 is 1.20 bits per heavy atom. The molecule has 0 N–H and O–H groups in total. The molecule has 1 heterocycles. The summed E-state index contributed by atoms with van der Waals surface area (Å²) in [6, 6.07) is 5.54. The molecule has 25 heavy (non-hydrogen) atoms. The minimum Gasteiger partial charge on any atom is -0.299 e. The number of carbonyl (C=O) groups is 1. The number of benzene rings is 1. The first kappa shape index (κ1) is 16.1. The normalized spacial score (nSPS) is 26.2. The van der Waals surface area contributed by atoms with Gasteiger partial charge in [0.2, 0.25) is 0 Å². The van der Waals surface area contributed by atoms with Crippen LogP contribution in [0.2, 0.25) is 0 Å². The highest BCUT2D eigenvalue weighted by atomic mass is 19.1. The molecule has 0 aliphatic heterocycles. The molecule has 0 saturated heterocycles. The van der Waals surface area contributed by atoms with Crippen molar-refractivity contribution in [3.8, 4) is 11.3 Å². The van der Waals surface area contributed by atoms with Gasteiger partial charge in [-0.15, -0.1) is 5.10 Å². The average Bonchev–Trinajstić information content (AvgIpc) is 2.94. The topological polar surface area (TPSA) is 42.9 Å². The van der Waals surface area contributed by atoms with Crippen molar-refractivity contribution in [2.24, 2.45) is 5.41 Å². The number of halogens is 2. The summed E-state index contributed by atoms with van der Waals surface area (Å²) in [6.07, 6.45) is 6.06. The first-order valence-corrected chi connectivity index (χ1v) is 8.38. The minimum absolute atomic E-state index is 0.129. The van der Waals surface area contributed by atoms with Crippen molar-refractivity contribution in [2.45, 2.75) is 38.0 Å². The Morgan fingerprint density at radius 3 is 2.60 bits per heavy atom. The molecule has 0 unspecified atom stereocenters. The third kappa shape index (κ3) is 1.98. The summed E-state index contributed by atoms with van der Waals surface area (Å²) in [4.78, 5) is 10.9. The lowest BCUT2D eigenvalue weighted by Crippen LogP contribution is -2.33. The Hall–Kier alpha value is -2.43. The van der Waals surface area contributed by atoms with Gasteiger partial charge in [0.1, 0.15) is 17.9 Å². The van der Waals surface area contributed by atoms with Crippen LogP contribution in [0.15, 0.2) is 36.4 Å². The van der Waals surface area contributed by atoms with Crippen molar-refractivity contribution in [1.82, 2.24) is 10.2 Å². The maximum Gasteiger partial charge on any atom is 0.142 e. The van der Waals surface area contributed by atoms with Crippen molar-refractivity contribution in [2.75, 3.05) is 0 Å². The molecule has 2 atom stereocenters. The number of allylic oxidation sites excluding steroid dienone is 2. The molecule has 4 rings (SSSR count). The second-order valence-corrected chi connectivity index (χ2v) is 7.41. The first-order valence-electron chi connectivity index (χ1n) is 8.38. The monoisotopic (exact) mass is 340 g/mol. The minimum atomic E-state index is -0.646. The highest BCUT2D eigenvalue weighted by Gasteiger charge is 2.62. The van der Waals surface area contributed by atoms with Gasteiger partial charge in [-0.25, -0.2) is 8.78 Å². The van der Waals surface area contributed by atoms with Crippen LogP contribution in [0.25, 0.3) is 11.3 Å². The summed E-state index contributed by atoms with van der Waals surface area (Å²) in [5.41, 5.74) is 1.40. The fourth-order valence-electron chi connectivity index (χ4n) is 4.80. The smallest absolute Gasteiger partial charge is 0.142 e. The standard InChI is InChI=1S/C20H18F2N2O/c1-19(2)13-7-9-20(19,8-4-10-25)18-12(13)11-16(23-24-18)17-14(21)5-3-6-15(17)22/h3-6,8,10-11,13H,7,9H2,1-2H3/t13-,20+/m0/s1. The highest BCUT2D eigenvalue weighted by Crippen LogP contribution is 2.68. The van der Waals surface area contributed by atoms with Crippen LogP contribution >= 0.6 is 0 Å². The van der Waals surface area contributed by atoms with Crippen LogP contribution in [0.4, 0.5) is 8.78 Å². The number of aromatic nitrogens is 2. The maximum absolute atomic E-state index is 14.1. The fraction of sp³-hybridized carbons (Fsp3) is 0.350. The van der Waals surface area contributed by atoms with Crippen LogP contribution in [0.5, 0.6) is 0 Å². The van der Waals surface area contributed by atoms with Crippen LogP contribution in [0, 0.1) is 17.0 Å². The summed E-state index contributed by atoms with van der Waals surface area (Å²) in [5.74, 6) is -1.07. The molecule has 2 bridgehead atoms. The molecule has 2 aliphatic carbocycles. The number of hydrogen-bond donors (Lipinski definition) is 0. The van der Waals surface area contributed by atoms with Gasteiger partial charge in [-0.3, -0.25) is 4.79 Å². The molecule has 2 aromatic rings. The van der Waals surface area contributed by atoms with E-state index in [0.29, 0.717) is 0 Å². The lowest BCUT2D eigenvalue weighted by atomic mass is 9.68. The fourth-order valence-corrected chi connectivity index (χ4v) is 4.80. The molecule has 1 fully saturated rings. The quantitative estimate of drug-likeness (QED) is 0.617. The summed E-state index contributed by atoms with van der Waals surface area (Å²) >= 11 is 0. The maximum atomic E-state index is 14.1. The first-order chi connectivity index (χ1) is 11.9. The van der Waals surface area contributed by atoms with Gasteiger partial charge in [-0.05, 0) is 54.0 Å². The van der Waals surface area contributed by atoms with E-state index in [9.17, 15) is 13.6 Å². The number of fused-ring (bicyclic) bond motifs is 5. The van der Waals surface area contributed by atoms with Crippen LogP contribution < -0.4 is 0 Å². The molecular formula is C20H18F2N2O. The van der Waals surface area contributed by atoms with Gasteiger partial charge in [0.15, 0.2) is 0 Å². The summed E-state index contributed by atoms with van der Waals surface area (Å²) < 4.78 is 28.2. The number of aldehydes is 1. The largest absolute Gasteiger partial charge is 0.299 e. The van der Waals surface area contributed by atoms with Crippen LogP contribution in [-0.4, -0.2) is 16.5 Å². The number of hydrogen-bond acceptors (Lipinski definition) is 3. The zero-order chi connectivity index (χ0) is 17.8. The average molecular weight is 340 g/mol. The summed E-state index contributed by atoms with van der Waals surface area (Å²) in [6.45, 7) is 4.32. The zero-order valence-corrected chi connectivity index (χ0v) is 14.1. The van der Waals surface area contributed by atoms with E-state index in [1.165, 1.54) is 24.3 Å². The predicted molar refractivity (Wildman–Crippen MR) is 90.0 cm³/mol. The Balaban J connectivity index is 1.91. The van der Waals surface area contributed by atoms with E-state index in [4.69, 9.17) is 0 Å². The molecule has 1 aromatic carbocycles. The van der Waals surface area contributed by atoms with Gasteiger partial charge in [0.05, 0.1) is 17.0 Å². The molecule has 0 radical (unpaired) electrons. The van der Waals surface area contributed by atoms with Gasteiger partial charge >= 0.3 is 0 Å². The molecule has 128 valence electrons. The second-order valence-electron chi connectivity index (χ2n) is 7.41. The van der Waals surface area contributed by atoms with Crippen molar-refractivity contribution in [1.29, 1.82) is 0 Å². The van der Waals surface area contributed by atoms with E-state index in [1.807, 2.05) is 6.08 Å². The van der Waals surface area contributed by atoms with Gasteiger partial charge < -0.3 is 0 Å². The molecule has 5 heteroatoms. The number of rotatable bonds is 3. The lowest BCUT2D eigenvalue weighted by molar-refractivity contribution is -0.104. The third-order valence-electron chi connectivity index (χ3n) is 6.15. The predicted octanol–water partition coefficient (Wildman–Crippen LogP) is 4.33. The molecular weight excluding hydrogens is 322 g/mol. The van der Waals surface area contributed by atoms with Crippen molar-refractivity contribution in [3.63, 3.8) is 0 Å². The van der Waals surface area contributed by atoms with E-state index in [1.54, 1.807) is 6.07 Å². The Morgan fingerprint density at radius 2 is 1.92 bits per heavy atom. The molecule has 1 aromatic heterocycles. The lowest BCUT2D eigenvalue weighted by Gasteiger charge is -2.35. The van der Waals surface area contributed by atoms with E-state index < -0.39 is 11.6 Å². The molecule has 2 aliphatic rings. The van der Waals surface area contributed by atoms with Crippen LogP contribution in [-0.2, 0) is 10.2 Å². The van der Waals surface area contributed by atoms with Gasteiger partial charge in [0, 0.05) is 5.41 Å². The molecule has 0 spiro atoms. The van der Waals surface area contributed by atoms with Crippen LogP contribution in [0.1, 0.15) is 43.9 Å².